The number of hydrogen-bond donors (Lipinski definition) is 3. The fourth-order valence-electron chi connectivity index (χ4n) is 4.86. The molecule has 0 spiro atoms. The van der Waals surface area contributed by atoms with E-state index in [0.717, 1.165) is 0 Å². The van der Waals surface area contributed by atoms with Crippen LogP contribution in [0.25, 0.3) is 21.8 Å². The van der Waals surface area contributed by atoms with E-state index in [4.69, 9.17) is 49.9 Å². The third-order valence-electron chi connectivity index (χ3n) is 7.25. The molecule has 13 heteroatoms. The fourth-order valence-corrected chi connectivity index (χ4v) is 5.38. The van der Waals surface area contributed by atoms with Gasteiger partial charge in [0.1, 0.15) is 17.1 Å². The van der Waals surface area contributed by atoms with Crippen molar-refractivity contribution in [2.75, 3.05) is 29.8 Å². The summed E-state index contributed by atoms with van der Waals surface area (Å²) in [5.74, 6) is -4.34. The van der Waals surface area contributed by atoms with Crippen molar-refractivity contribution in [3.63, 3.8) is 0 Å². The summed E-state index contributed by atoms with van der Waals surface area (Å²) in [4.78, 5) is 51.2. The van der Waals surface area contributed by atoms with Crippen LogP contribution in [-0.4, -0.2) is 50.8 Å². The third kappa shape index (κ3) is 8.65. The first-order valence-electron chi connectivity index (χ1n) is 23.2. The van der Waals surface area contributed by atoms with Crippen LogP contribution in [0.15, 0.2) is 107 Å². The predicted molar refractivity (Wildman–Crippen MR) is 212 cm³/mol. The van der Waals surface area contributed by atoms with Gasteiger partial charge in [0, 0.05) is 60.3 Å². The van der Waals surface area contributed by atoms with Crippen LogP contribution in [0.5, 0.6) is 11.5 Å². The summed E-state index contributed by atoms with van der Waals surface area (Å²) >= 11 is 12.1. The van der Waals surface area contributed by atoms with E-state index < -0.39 is 86.3 Å². The number of nitrogens with one attached hydrogen (secondary N) is 1. The number of pyridine rings is 2. The minimum atomic E-state index is -3.37. The van der Waals surface area contributed by atoms with Crippen molar-refractivity contribution in [1.29, 1.82) is 0 Å². The number of benzene rings is 4. The van der Waals surface area contributed by atoms with Crippen molar-refractivity contribution >= 4 is 68.3 Å². The summed E-state index contributed by atoms with van der Waals surface area (Å²) < 4.78 is 126. The number of rotatable bonds is 7. The monoisotopic (exact) mass is 774 g/mol. The minimum Gasteiger partial charge on any atom is -0.506 e. The molecule has 0 fully saturated rings. The molecule has 4 aromatic carbocycles. The minimum absolute atomic E-state index is 0.0125. The maximum atomic E-state index is 13.6. The van der Waals surface area contributed by atoms with E-state index in [1.807, 2.05) is 0 Å². The standard InChI is InChI=1S/C19H17ClN2O3.C13H12ClNO4.C8H11N/c1-3-22(12-8-5-4-6-9-12)19(25)16-17(23)15-13(20)10-7-11-14(15)21(2)18(16)24;1-3-19-13(18)10-11(16)9-7(14)5-4-6-8(9)15(2)12(10)17;1-2-9-8-6-4-3-5-7-8/h4-11,23H,3H2,1-2H3;4-6,16H,3H2,1-2H3;3-7,9H,2H2,1H3/i1D3,2D3,3D2;2D3;1D3,2D2. The summed E-state index contributed by atoms with van der Waals surface area (Å²) in [5, 5.41) is 22.8. The summed E-state index contributed by atoms with van der Waals surface area (Å²) in [6.07, 6.45) is 0. The van der Waals surface area contributed by atoms with E-state index in [9.17, 15) is 29.4 Å². The molecule has 0 aliphatic heterocycles. The van der Waals surface area contributed by atoms with Crippen LogP contribution >= 0.6 is 23.2 Å². The van der Waals surface area contributed by atoms with Gasteiger partial charge >= 0.3 is 5.97 Å². The lowest BCUT2D eigenvalue weighted by Gasteiger charge is -2.22. The van der Waals surface area contributed by atoms with E-state index in [0.29, 0.717) is 10.3 Å². The Labute approximate surface area is 338 Å². The first kappa shape index (κ1) is 23.0. The van der Waals surface area contributed by atoms with Crippen molar-refractivity contribution in [2.24, 2.45) is 14.0 Å². The lowest BCUT2D eigenvalue weighted by molar-refractivity contribution is 0.0520. The zero-order valence-corrected chi connectivity index (χ0v) is 29.0. The number of carbonyl (C=O) groups is 2. The number of aryl methyl sites for hydroxylation is 2. The maximum absolute atomic E-state index is 13.6. The molecule has 0 radical (unpaired) electrons. The van der Waals surface area contributed by atoms with Crippen molar-refractivity contribution in [3.8, 4) is 11.5 Å². The highest BCUT2D eigenvalue weighted by Crippen LogP contribution is 2.34. The number of fused-ring (bicyclic) bond motifs is 2. The largest absolute Gasteiger partial charge is 0.506 e. The van der Waals surface area contributed by atoms with E-state index in [2.05, 4.69) is 5.32 Å². The number of carbonyl (C=O) groups excluding carboxylic acids is 2. The SMILES string of the molecule is [2H]C([2H])([2H])C([2H])([2H])Nc1ccccc1.[2H]C([2H])([2H])n1c(=O)c(C(=O)N(c2ccccc2)C([2H])([2H])C([2H])([2H])[2H])c(O)c2c(Cl)cccc21.[2H]C([2H])([2H])n1c(=O)c(C(=O)OCC)c(O)c2c(Cl)cccc21. The molecule has 0 atom stereocenters. The lowest BCUT2D eigenvalue weighted by Crippen LogP contribution is -2.36. The first-order chi connectivity index (χ1) is 31.6. The lowest BCUT2D eigenvalue weighted by atomic mass is 10.1. The van der Waals surface area contributed by atoms with Crippen molar-refractivity contribution in [1.82, 2.24) is 9.13 Å². The van der Waals surface area contributed by atoms with Gasteiger partial charge in [0.25, 0.3) is 17.0 Å². The van der Waals surface area contributed by atoms with Crippen LogP contribution in [0.1, 0.15) is 63.3 Å². The van der Waals surface area contributed by atoms with Gasteiger partial charge in [-0.2, -0.15) is 0 Å². The smallest absolute Gasteiger partial charge is 0.347 e. The first-order valence-corrected chi connectivity index (χ1v) is 15.9. The molecular weight excluding hydrogens is 719 g/mol. The number of anilines is 2. The van der Waals surface area contributed by atoms with Crippen LogP contribution in [0.2, 0.25) is 10.0 Å². The van der Waals surface area contributed by atoms with Gasteiger partial charge in [-0.3, -0.25) is 14.4 Å². The van der Waals surface area contributed by atoms with Gasteiger partial charge in [-0.1, -0.05) is 71.7 Å². The summed E-state index contributed by atoms with van der Waals surface area (Å²) in [5.41, 5.74) is -4.67. The Kier molecular flexibility index (Phi) is 7.87. The van der Waals surface area contributed by atoms with Gasteiger partial charge in [0.15, 0.2) is 5.56 Å². The number of esters is 1. The van der Waals surface area contributed by atoms with Crippen LogP contribution in [-0.2, 0) is 18.7 Å². The summed E-state index contributed by atoms with van der Waals surface area (Å²) in [6.45, 7) is -16.3. The van der Waals surface area contributed by atoms with E-state index in [-0.39, 0.29) is 53.6 Å². The molecule has 0 bridgehead atoms. The Bertz CT molecular complexity index is 2980. The zero-order chi connectivity index (χ0) is 52.4. The quantitative estimate of drug-likeness (QED) is 0.140. The second-order valence-corrected chi connectivity index (χ2v) is 11.2. The summed E-state index contributed by atoms with van der Waals surface area (Å²) in [6, 6.07) is 23.2. The molecule has 0 saturated carbocycles. The van der Waals surface area contributed by atoms with Gasteiger partial charge in [0.2, 0.25) is 0 Å². The molecule has 2 heterocycles. The zero-order valence-electron chi connectivity index (χ0n) is 43.5. The number of ether oxygens (including phenoxy) is 1. The van der Waals surface area contributed by atoms with Crippen molar-refractivity contribution < 1.29 is 46.5 Å². The molecule has 6 aromatic rings. The number of aromatic hydroxyl groups is 2. The van der Waals surface area contributed by atoms with Gasteiger partial charge < -0.3 is 34.3 Å². The van der Waals surface area contributed by atoms with Crippen LogP contribution in [0, 0.1) is 0 Å². The Hall–Kier alpha value is -5.78. The number of para-hydroxylation sites is 2. The van der Waals surface area contributed by atoms with Crippen molar-refractivity contribution in [2.45, 2.75) is 20.6 Å². The second kappa shape index (κ2) is 18.1. The highest BCUT2D eigenvalue weighted by molar-refractivity contribution is 6.36. The van der Waals surface area contributed by atoms with Gasteiger partial charge in [-0.25, -0.2) is 4.79 Å². The number of amides is 1. The number of halogens is 2. The summed E-state index contributed by atoms with van der Waals surface area (Å²) in [7, 11) is 0. The maximum Gasteiger partial charge on any atom is 0.347 e. The Balaban J connectivity index is 0.000000247. The highest BCUT2D eigenvalue weighted by atomic mass is 35.5. The molecular formula is C40H40Cl2N4O7. The normalized spacial score (nSPS) is 16.4. The molecule has 6 rings (SSSR count). The third-order valence-corrected chi connectivity index (χ3v) is 7.88. The van der Waals surface area contributed by atoms with Crippen LogP contribution < -0.4 is 21.3 Å². The molecule has 3 N–H and O–H groups in total. The number of nitrogens with zero attached hydrogens (tertiary/aromatic N) is 3. The van der Waals surface area contributed by atoms with Crippen LogP contribution in [0.4, 0.5) is 11.4 Å². The molecule has 0 unspecified atom stereocenters. The second-order valence-electron chi connectivity index (χ2n) is 10.4. The number of aromatic nitrogens is 2. The molecule has 276 valence electrons. The van der Waals surface area contributed by atoms with E-state index in [1.54, 1.807) is 30.3 Å². The topological polar surface area (TPSA) is 143 Å². The van der Waals surface area contributed by atoms with E-state index in [1.165, 1.54) is 73.7 Å². The van der Waals surface area contributed by atoms with Crippen molar-refractivity contribution in [3.05, 3.63) is 139 Å². The average Bonchev–Trinajstić information content (AvgIpc) is 3.20. The molecule has 53 heavy (non-hydrogen) atoms. The molecule has 0 aliphatic carbocycles. The highest BCUT2D eigenvalue weighted by Gasteiger charge is 2.27. The van der Waals surface area contributed by atoms with Gasteiger partial charge in [-0.15, -0.1) is 0 Å². The average molecular weight is 776 g/mol. The number of hydrogen-bond acceptors (Lipinski definition) is 8. The van der Waals surface area contributed by atoms with Crippen LogP contribution in [0.3, 0.4) is 0 Å². The Morgan fingerprint density at radius 2 is 1.30 bits per heavy atom. The Morgan fingerprint density at radius 3 is 1.81 bits per heavy atom. The molecule has 1 amide bonds. The predicted octanol–water partition coefficient (Wildman–Crippen LogP) is 7.76. The van der Waals surface area contributed by atoms with Gasteiger partial charge in [0.05, 0.1) is 38.5 Å². The molecule has 2 aromatic heterocycles. The molecule has 0 aliphatic rings. The fraction of sp³-hybridized carbons (Fsp3) is 0.200. The van der Waals surface area contributed by atoms with Gasteiger partial charge in [-0.05, 0) is 69.2 Å². The van der Waals surface area contributed by atoms with E-state index >= 15 is 0 Å². The molecule has 11 nitrogen and oxygen atoms in total. The Morgan fingerprint density at radius 1 is 0.774 bits per heavy atom. The molecule has 0 saturated heterocycles.